The molecule has 0 saturated carbocycles. The normalized spacial score (nSPS) is 10.3. The van der Waals surface area contributed by atoms with E-state index in [1.807, 2.05) is 6.92 Å². The molecule has 0 aliphatic rings. The Morgan fingerprint density at radius 3 is 2.82 bits per heavy atom. The van der Waals surface area contributed by atoms with E-state index in [1.54, 1.807) is 19.5 Å². The van der Waals surface area contributed by atoms with Crippen LogP contribution in [0, 0.1) is 0 Å². The largest absolute Gasteiger partial charge is 0.477 e. The van der Waals surface area contributed by atoms with E-state index in [2.05, 4.69) is 30.8 Å². The molecule has 0 spiro atoms. The van der Waals surface area contributed by atoms with Gasteiger partial charge in [-0.1, -0.05) is 15.9 Å². The van der Waals surface area contributed by atoms with Crippen LogP contribution >= 0.6 is 15.9 Å². The minimum absolute atomic E-state index is 0.557. The zero-order valence-corrected chi connectivity index (χ0v) is 11.8. The fraction of sp³-hybridized carbons (Fsp3) is 0.636. The second-order valence-corrected chi connectivity index (χ2v) is 4.11. The third-order valence-electron chi connectivity index (χ3n) is 2.14. The van der Waals surface area contributed by atoms with Gasteiger partial charge in [0, 0.05) is 25.5 Å². The van der Waals surface area contributed by atoms with Crippen molar-refractivity contribution < 1.29 is 9.47 Å². The molecule has 0 N–H and O–H groups in total. The number of ether oxygens (including phenoxy) is 2. The van der Waals surface area contributed by atoms with Crippen molar-refractivity contribution in [1.82, 2.24) is 9.97 Å². The summed E-state index contributed by atoms with van der Waals surface area (Å²) in [6, 6.07) is 0. The molecular formula is C11H18BrN3O2. The lowest BCUT2D eigenvalue weighted by atomic mass is 10.4. The van der Waals surface area contributed by atoms with E-state index < -0.39 is 0 Å². The molecule has 0 amide bonds. The van der Waals surface area contributed by atoms with Crippen LogP contribution in [0.3, 0.4) is 0 Å². The lowest BCUT2D eigenvalue weighted by Gasteiger charge is -2.22. The summed E-state index contributed by atoms with van der Waals surface area (Å²) >= 11 is 3.43. The van der Waals surface area contributed by atoms with Crippen molar-refractivity contribution in [3.63, 3.8) is 0 Å². The van der Waals surface area contributed by atoms with Gasteiger partial charge in [-0.05, 0) is 6.92 Å². The number of hydrogen-bond acceptors (Lipinski definition) is 5. The molecule has 96 valence electrons. The highest BCUT2D eigenvalue weighted by Crippen LogP contribution is 2.14. The first kappa shape index (κ1) is 14.2. The highest BCUT2D eigenvalue weighted by atomic mass is 79.9. The first-order valence-corrected chi connectivity index (χ1v) is 6.68. The Labute approximate surface area is 110 Å². The molecule has 17 heavy (non-hydrogen) atoms. The van der Waals surface area contributed by atoms with Gasteiger partial charge in [0.25, 0.3) is 0 Å². The second kappa shape index (κ2) is 8.25. The molecule has 1 rings (SSSR count). The van der Waals surface area contributed by atoms with Gasteiger partial charge in [-0.25, -0.2) is 0 Å². The fourth-order valence-corrected chi connectivity index (χ4v) is 1.78. The van der Waals surface area contributed by atoms with Crippen LogP contribution in [0.4, 0.5) is 5.82 Å². The standard InChI is InChI=1S/C11H18BrN3O2/c1-3-17-11-9-13-8-10(14-11)15(5-4-12)6-7-16-2/h8-9H,3-7H2,1-2H3. The highest BCUT2D eigenvalue weighted by molar-refractivity contribution is 9.09. The van der Waals surface area contributed by atoms with Gasteiger partial charge in [-0.3, -0.25) is 4.98 Å². The van der Waals surface area contributed by atoms with Crippen LogP contribution in [0.25, 0.3) is 0 Å². The van der Waals surface area contributed by atoms with Gasteiger partial charge in [0.05, 0.1) is 25.6 Å². The number of aromatic nitrogens is 2. The predicted octanol–water partition coefficient (Wildman–Crippen LogP) is 1.72. The maximum atomic E-state index is 5.34. The summed E-state index contributed by atoms with van der Waals surface area (Å²) in [6.07, 6.45) is 3.36. The number of hydrogen-bond donors (Lipinski definition) is 0. The first-order valence-electron chi connectivity index (χ1n) is 5.56. The quantitative estimate of drug-likeness (QED) is 0.684. The number of anilines is 1. The topological polar surface area (TPSA) is 47.5 Å². The molecule has 0 unspecified atom stereocenters. The Hall–Kier alpha value is -0.880. The molecule has 1 aromatic rings. The Morgan fingerprint density at radius 2 is 2.18 bits per heavy atom. The highest BCUT2D eigenvalue weighted by Gasteiger charge is 2.08. The van der Waals surface area contributed by atoms with Crippen molar-refractivity contribution in [3.8, 4) is 5.88 Å². The maximum absolute atomic E-state index is 5.34. The molecule has 6 heteroatoms. The van der Waals surface area contributed by atoms with Crippen molar-refractivity contribution in [3.05, 3.63) is 12.4 Å². The summed E-state index contributed by atoms with van der Waals surface area (Å²) in [5.74, 6) is 1.37. The molecule has 0 atom stereocenters. The molecule has 0 fully saturated rings. The number of nitrogens with zero attached hydrogens (tertiary/aromatic N) is 3. The van der Waals surface area contributed by atoms with E-state index in [1.165, 1.54) is 0 Å². The van der Waals surface area contributed by atoms with Crippen LogP contribution in [0.5, 0.6) is 5.88 Å². The Morgan fingerprint density at radius 1 is 1.35 bits per heavy atom. The van der Waals surface area contributed by atoms with E-state index in [9.17, 15) is 0 Å². The smallest absolute Gasteiger partial charge is 0.234 e. The summed E-state index contributed by atoms with van der Waals surface area (Å²) in [6.45, 7) is 4.82. The zero-order chi connectivity index (χ0) is 12.5. The van der Waals surface area contributed by atoms with E-state index in [0.717, 1.165) is 24.2 Å². The van der Waals surface area contributed by atoms with Gasteiger partial charge in [0.1, 0.15) is 0 Å². The minimum atomic E-state index is 0.557. The van der Waals surface area contributed by atoms with Gasteiger partial charge in [0.2, 0.25) is 5.88 Å². The molecule has 0 aliphatic heterocycles. The Bertz CT molecular complexity index is 325. The van der Waals surface area contributed by atoms with Crippen molar-refractivity contribution in [2.45, 2.75) is 6.92 Å². The number of rotatable bonds is 8. The maximum Gasteiger partial charge on any atom is 0.234 e. The molecule has 1 aromatic heterocycles. The van der Waals surface area contributed by atoms with Crippen molar-refractivity contribution in [2.75, 3.05) is 43.6 Å². The summed E-state index contributed by atoms with van der Waals surface area (Å²) < 4.78 is 10.4. The monoisotopic (exact) mass is 303 g/mol. The number of methoxy groups -OCH3 is 1. The summed E-state index contributed by atoms with van der Waals surface area (Å²) in [4.78, 5) is 10.6. The van der Waals surface area contributed by atoms with Crippen LogP contribution in [-0.2, 0) is 4.74 Å². The third-order valence-corrected chi connectivity index (χ3v) is 2.49. The van der Waals surface area contributed by atoms with Crippen LogP contribution in [0.1, 0.15) is 6.92 Å². The van der Waals surface area contributed by atoms with Crippen LogP contribution < -0.4 is 9.64 Å². The predicted molar refractivity (Wildman–Crippen MR) is 71.1 cm³/mol. The Balaban J connectivity index is 2.73. The average molecular weight is 304 g/mol. The van der Waals surface area contributed by atoms with Crippen molar-refractivity contribution >= 4 is 21.7 Å². The zero-order valence-electron chi connectivity index (χ0n) is 10.2. The van der Waals surface area contributed by atoms with Gasteiger partial charge in [0.15, 0.2) is 5.82 Å². The summed E-state index contributed by atoms with van der Waals surface area (Å²) in [5.41, 5.74) is 0. The van der Waals surface area contributed by atoms with Crippen LogP contribution in [0.2, 0.25) is 0 Å². The summed E-state index contributed by atoms with van der Waals surface area (Å²) in [7, 11) is 1.69. The summed E-state index contributed by atoms with van der Waals surface area (Å²) in [5, 5.41) is 0.872. The Kier molecular flexibility index (Phi) is 6.88. The SMILES string of the molecule is CCOc1cncc(N(CCBr)CCOC)n1. The van der Waals surface area contributed by atoms with Crippen LogP contribution in [0.15, 0.2) is 12.4 Å². The lowest BCUT2D eigenvalue weighted by Crippen LogP contribution is -2.30. The first-order chi connectivity index (χ1) is 8.31. The molecule has 0 saturated heterocycles. The molecule has 1 heterocycles. The van der Waals surface area contributed by atoms with Gasteiger partial charge in [-0.15, -0.1) is 0 Å². The minimum Gasteiger partial charge on any atom is -0.477 e. The van der Waals surface area contributed by atoms with Crippen LogP contribution in [-0.4, -0.2) is 48.7 Å². The molecule has 0 aromatic carbocycles. The second-order valence-electron chi connectivity index (χ2n) is 3.32. The lowest BCUT2D eigenvalue weighted by molar-refractivity contribution is 0.205. The molecule has 5 nitrogen and oxygen atoms in total. The van der Waals surface area contributed by atoms with E-state index in [0.29, 0.717) is 19.1 Å². The average Bonchev–Trinajstić information content (AvgIpc) is 2.35. The molecular weight excluding hydrogens is 286 g/mol. The number of halogens is 1. The van der Waals surface area contributed by atoms with Crippen molar-refractivity contribution in [1.29, 1.82) is 0 Å². The van der Waals surface area contributed by atoms with Gasteiger partial charge >= 0.3 is 0 Å². The van der Waals surface area contributed by atoms with E-state index >= 15 is 0 Å². The number of alkyl halides is 1. The molecule has 0 radical (unpaired) electrons. The molecule has 0 bridgehead atoms. The van der Waals surface area contributed by atoms with E-state index in [-0.39, 0.29) is 0 Å². The van der Waals surface area contributed by atoms with Crippen molar-refractivity contribution in [2.24, 2.45) is 0 Å². The fourth-order valence-electron chi connectivity index (χ4n) is 1.35. The third kappa shape index (κ3) is 4.87. The van der Waals surface area contributed by atoms with Gasteiger partial charge < -0.3 is 14.4 Å². The molecule has 0 aliphatic carbocycles. The van der Waals surface area contributed by atoms with Gasteiger partial charge in [-0.2, -0.15) is 4.98 Å². The van der Waals surface area contributed by atoms with E-state index in [4.69, 9.17) is 9.47 Å².